The van der Waals surface area contributed by atoms with Crippen LogP contribution in [-0.2, 0) is 14.3 Å². The van der Waals surface area contributed by atoms with Gasteiger partial charge in [-0.3, -0.25) is 4.79 Å². The van der Waals surface area contributed by atoms with Gasteiger partial charge in [-0.05, 0) is 30.8 Å². The summed E-state index contributed by atoms with van der Waals surface area (Å²) in [6.07, 6.45) is 16.5. The molecule has 21 heavy (non-hydrogen) atoms. The first-order chi connectivity index (χ1) is 10.3. The molecule has 0 amide bonds. The van der Waals surface area contributed by atoms with E-state index in [4.69, 9.17) is 4.74 Å². The summed E-state index contributed by atoms with van der Waals surface area (Å²) in [6, 6.07) is 0. The van der Waals surface area contributed by atoms with E-state index in [-0.39, 0.29) is 11.9 Å². The van der Waals surface area contributed by atoms with Gasteiger partial charge in [0.1, 0.15) is 12.9 Å². The van der Waals surface area contributed by atoms with Crippen molar-refractivity contribution in [3.05, 3.63) is 23.8 Å². The lowest BCUT2D eigenvalue weighted by atomic mass is 9.82. The van der Waals surface area contributed by atoms with E-state index >= 15 is 0 Å². The lowest BCUT2D eigenvalue weighted by molar-refractivity contribution is -0.149. The molecule has 3 nitrogen and oxygen atoms in total. The van der Waals surface area contributed by atoms with Crippen LogP contribution in [0.5, 0.6) is 0 Å². The number of rotatable bonds is 7. The highest BCUT2D eigenvalue weighted by Gasteiger charge is 2.25. The van der Waals surface area contributed by atoms with Crippen LogP contribution in [0.4, 0.5) is 0 Å². The molecule has 0 aromatic carbocycles. The van der Waals surface area contributed by atoms with E-state index in [2.05, 4.69) is 12.2 Å². The third kappa shape index (κ3) is 5.49. The largest absolute Gasteiger partial charge is 0.461 e. The van der Waals surface area contributed by atoms with Crippen LogP contribution in [0, 0.1) is 11.8 Å². The fraction of sp³-hybridized carbons (Fsp3) is 0.667. The molecule has 0 bridgehead atoms. The fourth-order valence-electron chi connectivity index (χ4n) is 3.28. The lowest BCUT2D eigenvalue weighted by Crippen LogP contribution is -2.23. The van der Waals surface area contributed by atoms with Gasteiger partial charge < -0.3 is 9.53 Å². The van der Waals surface area contributed by atoms with Crippen molar-refractivity contribution in [3.63, 3.8) is 0 Å². The monoisotopic (exact) mass is 290 g/mol. The number of ether oxygens (including phenoxy) is 1. The summed E-state index contributed by atoms with van der Waals surface area (Å²) in [5, 5.41) is 0. The molecule has 116 valence electrons. The zero-order valence-corrected chi connectivity index (χ0v) is 12.8. The maximum atomic E-state index is 12.2. The van der Waals surface area contributed by atoms with Crippen molar-refractivity contribution < 1.29 is 14.3 Å². The topological polar surface area (TPSA) is 43.4 Å². The van der Waals surface area contributed by atoms with Crippen LogP contribution in [0.2, 0.25) is 0 Å². The first kappa shape index (κ1) is 16.0. The highest BCUT2D eigenvalue weighted by molar-refractivity contribution is 5.75. The summed E-state index contributed by atoms with van der Waals surface area (Å²) in [5.74, 6) is 0.136. The molecular formula is C18H26O3. The highest BCUT2D eigenvalue weighted by atomic mass is 16.5. The second-order valence-electron chi connectivity index (χ2n) is 6.21. The summed E-state index contributed by atoms with van der Waals surface area (Å²) in [4.78, 5) is 23.1. The minimum absolute atomic E-state index is 0.201. The lowest BCUT2D eigenvalue weighted by Gasteiger charge is -2.24. The number of carbonyl (C=O) groups is 2. The van der Waals surface area contributed by atoms with Crippen molar-refractivity contribution in [1.82, 2.24) is 0 Å². The molecular weight excluding hydrogens is 264 g/mol. The standard InChI is InChI=1S/C18H26O3/c19-12-11-17(13-15-7-3-1-4-8-15)18(20)21-14-16-9-5-2-6-10-16/h5,9-10,12,15,17H,1-4,6-8,11,13-14H2/t17-/m1/s1. The second-order valence-corrected chi connectivity index (χ2v) is 6.21. The number of carbonyl (C=O) groups excluding carboxylic acids is 2. The smallest absolute Gasteiger partial charge is 0.309 e. The molecule has 0 radical (unpaired) electrons. The zero-order chi connectivity index (χ0) is 14.9. The van der Waals surface area contributed by atoms with E-state index in [0.29, 0.717) is 18.9 Å². The molecule has 0 spiro atoms. The average Bonchev–Trinajstić information content (AvgIpc) is 2.54. The van der Waals surface area contributed by atoms with Crippen LogP contribution in [0.1, 0.15) is 57.8 Å². The van der Waals surface area contributed by atoms with Crippen LogP contribution in [0.25, 0.3) is 0 Å². The van der Waals surface area contributed by atoms with Crippen molar-refractivity contribution in [1.29, 1.82) is 0 Å². The van der Waals surface area contributed by atoms with E-state index in [9.17, 15) is 9.59 Å². The molecule has 0 N–H and O–H groups in total. The van der Waals surface area contributed by atoms with Gasteiger partial charge in [0.2, 0.25) is 0 Å². The van der Waals surface area contributed by atoms with E-state index in [1.165, 1.54) is 32.1 Å². The Labute approximate surface area is 127 Å². The highest BCUT2D eigenvalue weighted by Crippen LogP contribution is 2.30. The van der Waals surface area contributed by atoms with Gasteiger partial charge in [0.25, 0.3) is 0 Å². The Morgan fingerprint density at radius 3 is 2.76 bits per heavy atom. The number of hydrogen-bond acceptors (Lipinski definition) is 3. The Kier molecular flexibility index (Phi) is 6.71. The molecule has 1 saturated carbocycles. The predicted molar refractivity (Wildman–Crippen MR) is 82.8 cm³/mol. The van der Waals surface area contributed by atoms with E-state index in [1.54, 1.807) is 0 Å². The van der Waals surface area contributed by atoms with Crippen LogP contribution in [0.3, 0.4) is 0 Å². The maximum absolute atomic E-state index is 12.2. The van der Waals surface area contributed by atoms with Crippen molar-refractivity contribution in [3.8, 4) is 0 Å². The van der Waals surface area contributed by atoms with Gasteiger partial charge in [-0.25, -0.2) is 0 Å². The number of allylic oxidation sites excluding steroid dienone is 2. The number of esters is 1. The van der Waals surface area contributed by atoms with Gasteiger partial charge in [-0.1, -0.05) is 50.3 Å². The summed E-state index contributed by atoms with van der Waals surface area (Å²) < 4.78 is 5.42. The minimum Gasteiger partial charge on any atom is -0.461 e. The van der Waals surface area contributed by atoms with Crippen LogP contribution in [0.15, 0.2) is 23.8 Å². The Hall–Kier alpha value is -1.38. The molecule has 0 aromatic heterocycles. The van der Waals surface area contributed by atoms with Gasteiger partial charge in [-0.2, -0.15) is 0 Å². The molecule has 2 aliphatic rings. The Morgan fingerprint density at radius 1 is 1.29 bits per heavy atom. The van der Waals surface area contributed by atoms with Crippen molar-refractivity contribution in [2.24, 2.45) is 11.8 Å². The Morgan fingerprint density at radius 2 is 2.10 bits per heavy atom. The number of aldehydes is 1. The summed E-state index contributed by atoms with van der Waals surface area (Å²) in [7, 11) is 0. The van der Waals surface area contributed by atoms with Gasteiger partial charge in [0.15, 0.2) is 0 Å². The van der Waals surface area contributed by atoms with E-state index < -0.39 is 0 Å². The molecule has 0 saturated heterocycles. The number of hydrogen-bond donors (Lipinski definition) is 0. The van der Waals surface area contributed by atoms with E-state index in [0.717, 1.165) is 31.1 Å². The molecule has 1 atom stereocenters. The van der Waals surface area contributed by atoms with Crippen LogP contribution in [-0.4, -0.2) is 18.9 Å². The molecule has 3 heteroatoms. The van der Waals surface area contributed by atoms with Crippen LogP contribution >= 0.6 is 0 Å². The normalized spacial score (nSPS) is 20.7. The third-order valence-electron chi connectivity index (χ3n) is 4.51. The quantitative estimate of drug-likeness (QED) is 0.526. The molecule has 2 aliphatic carbocycles. The minimum atomic E-state index is -0.251. The SMILES string of the molecule is O=CC[C@H](CC1CCCCC1)C(=O)OCC1=CCCC=C1. The predicted octanol–water partition coefficient (Wildman–Crippen LogP) is 3.98. The molecule has 0 unspecified atom stereocenters. The van der Waals surface area contributed by atoms with Gasteiger partial charge in [-0.15, -0.1) is 0 Å². The van der Waals surface area contributed by atoms with E-state index in [1.807, 2.05) is 6.08 Å². The van der Waals surface area contributed by atoms with Crippen molar-refractivity contribution in [2.75, 3.05) is 6.61 Å². The first-order valence-electron chi connectivity index (χ1n) is 8.25. The molecule has 0 heterocycles. The zero-order valence-electron chi connectivity index (χ0n) is 12.8. The van der Waals surface area contributed by atoms with Crippen molar-refractivity contribution in [2.45, 2.75) is 57.8 Å². The molecule has 2 rings (SSSR count). The second kappa shape index (κ2) is 8.81. The molecule has 1 fully saturated rings. The third-order valence-corrected chi connectivity index (χ3v) is 4.51. The Balaban J connectivity index is 1.81. The summed E-state index contributed by atoms with van der Waals surface area (Å²) in [6.45, 7) is 0.343. The fourth-order valence-corrected chi connectivity index (χ4v) is 3.28. The molecule has 0 aliphatic heterocycles. The van der Waals surface area contributed by atoms with Crippen molar-refractivity contribution >= 4 is 12.3 Å². The summed E-state index contributed by atoms with van der Waals surface area (Å²) >= 11 is 0. The van der Waals surface area contributed by atoms with Gasteiger partial charge >= 0.3 is 5.97 Å². The van der Waals surface area contributed by atoms with Gasteiger partial charge in [0.05, 0.1) is 5.92 Å². The first-order valence-corrected chi connectivity index (χ1v) is 8.25. The average molecular weight is 290 g/mol. The summed E-state index contributed by atoms with van der Waals surface area (Å²) in [5.41, 5.74) is 1.07. The van der Waals surface area contributed by atoms with Crippen LogP contribution < -0.4 is 0 Å². The van der Waals surface area contributed by atoms with Gasteiger partial charge in [0, 0.05) is 6.42 Å². The Bertz CT molecular complexity index is 403. The molecule has 0 aromatic rings. The maximum Gasteiger partial charge on any atom is 0.309 e.